The van der Waals surface area contributed by atoms with E-state index in [9.17, 15) is 14.4 Å². The molecule has 10 heteroatoms. The van der Waals surface area contributed by atoms with Crippen molar-refractivity contribution < 1.29 is 23.9 Å². The lowest BCUT2D eigenvalue weighted by atomic mass is 10.1. The van der Waals surface area contributed by atoms with Gasteiger partial charge in [0.15, 0.2) is 4.80 Å². The minimum absolute atomic E-state index is 0.0461. The van der Waals surface area contributed by atoms with Gasteiger partial charge in [0.05, 0.1) is 35.9 Å². The third-order valence-electron chi connectivity index (χ3n) is 4.78. The summed E-state index contributed by atoms with van der Waals surface area (Å²) in [5, 5.41) is 0. The number of esters is 1. The fraction of sp³-hybridized carbons (Fsp3) is 0.500. The van der Waals surface area contributed by atoms with Gasteiger partial charge < -0.3 is 18.9 Å². The number of methoxy groups -OCH3 is 2. The Morgan fingerprint density at radius 3 is 2.60 bits per heavy atom. The average molecular weight is 452 g/mol. The predicted octanol–water partition coefficient (Wildman–Crippen LogP) is 2.06. The van der Waals surface area contributed by atoms with Gasteiger partial charge in [0.1, 0.15) is 12.3 Å². The molecule has 0 aliphatic carbocycles. The summed E-state index contributed by atoms with van der Waals surface area (Å²) in [6.45, 7) is 1.56. The maximum absolute atomic E-state index is 12.4. The van der Waals surface area contributed by atoms with Gasteiger partial charge in [-0.15, -0.1) is 11.8 Å². The number of piperidine rings is 1. The number of fused-ring (bicyclic) bond motifs is 1. The molecule has 1 fully saturated rings. The smallest absolute Gasteiger partial charge is 0.325 e. The highest BCUT2D eigenvalue weighted by Gasteiger charge is 2.17. The predicted molar refractivity (Wildman–Crippen MR) is 117 cm³/mol. The second-order valence-electron chi connectivity index (χ2n) is 6.82. The zero-order valence-corrected chi connectivity index (χ0v) is 18.7. The molecule has 0 atom stereocenters. The largest absolute Gasteiger partial charge is 0.497 e. The number of ether oxygens (including phenoxy) is 2. The number of likely N-dealkylation sites (tertiary alicyclic amines) is 1. The van der Waals surface area contributed by atoms with Crippen molar-refractivity contribution in [3.05, 3.63) is 23.0 Å². The quantitative estimate of drug-likeness (QED) is 0.599. The number of thioether (sulfide) groups is 1. The maximum Gasteiger partial charge on any atom is 0.325 e. The Labute approximate surface area is 182 Å². The van der Waals surface area contributed by atoms with Crippen molar-refractivity contribution >= 4 is 51.1 Å². The van der Waals surface area contributed by atoms with Gasteiger partial charge in [0.2, 0.25) is 5.91 Å². The Morgan fingerprint density at radius 2 is 1.90 bits per heavy atom. The first-order valence-corrected chi connectivity index (χ1v) is 11.7. The first kappa shape index (κ1) is 22.4. The molecule has 1 aliphatic heterocycles. The fourth-order valence-electron chi connectivity index (χ4n) is 3.21. The molecule has 3 rings (SSSR count). The van der Waals surface area contributed by atoms with Crippen LogP contribution in [0.3, 0.4) is 0 Å². The molecule has 2 aromatic rings. The summed E-state index contributed by atoms with van der Waals surface area (Å²) in [6.07, 6.45) is 3.25. The highest BCUT2D eigenvalue weighted by molar-refractivity contribution is 8.00. The lowest BCUT2D eigenvalue weighted by Gasteiger charge is -2.26. The number of benzene rings is 1. The zero-order valence-electron chi connectivity index (χ0n) is 17.1. The highest BCUT2D eigenvalue weighted by Crippen LogP contribution is 2.23. The topological polar surface area (TPSA) is 90.2 Å². The van der Waals surface area contributed by atoms with Crippen LogP contribution in [-0.4, -0.2) is 66.1 Å². The van der Waals surface area contributed by atoms with E-state index < -0.39 is 5.97 Å². The fourth-order valence-corrected chi connectivity index (χ4v) is 4.99. The summed E-state index contributed by atoms with van der Waals surface area (Å²) in [4.78, 5) is 43.0. The summed E-state index contributed by atoms with van der Waals surface area (Å²) in [6, 6.07) is 5.45. The van der Waals surface area contributed by atoms with Crippen molar-refractivity contribution in [1.82, 2.24) is 9.47 Å². The molecule has 1 aromatic heterocycles. The number of thiazole rings is 1. The van der Waals surface area contributed by atoms with Crippen molar-refractivity contribution in [2.75, 3.05) is 38.8 Å². The lowest BCUT2D eigenvalue weighted by Crippen LogP contribution is -2.36. The third-order valence-corrected chi connectivity index (χ3v) is 6.73. The maximum atomic E-state index is 12.4. The summed E-state index contributed by atoms with van der Waals surface area (Å²) in [5.41, 5.74) is 0.769. The second kappa shape index (κ2) is 10.6. The van der Waals surface area contributed by atoms with E-state index in [2.05, 4.69) is 4.99 Å². The minimum atomic E-state index is -0.430. The van der Waals surface area contributed by atoms with E-state index in [4.69, 9.17) is 9.47 Å². The normalized spacial score (nSPS) is 14.7. The number of aromatic nitrogens is 1. The van der Waals surface area contributed by atoms with Crippen LogP contribution >= 0.6 is 23.1 Å². The van der Waals surface area contributed by atoms with E-state index in [-0.39, 0.29) is 29.9 Å². The summed E-state index contributed by atoms with van der Waals surface area (Å²) < 4.78 is 12.5. The van der Waals surface area contributed by atoms with Gasteiger partial charge in [-0.25, -0.2) is 0 Å². The molecule has 0 N–H and O–H groups in total. The molecule has 2 heterocycles. The zero-order chi connectivity index (χ0) is 21.5. The minimum Gasteiger partial charge on any atom is -0.497 e. The number of amides is 2. The Bertz CT molecular complexity index is 992. The molecule has 162 valence electrons. The number of carbonyl (C=O) groups excluding carboxylic acids is 3. The molecule has 2 amide bonds. The van der Waals surface area contributed by atoms with Gasteiger partial charge in [-0.1, -0.05) is 11.3 Å². The van der Waals surface area contributed by atoms with E-state index in [0.717, 1.165) is 36.1 Å². The standard InChI is InChI=1S/C20H25N3O5S2/c1-27-14-6-7-15-16(10-14)30-20(23(15)11-19(26)28-2)21-17(24)12-29-13-18(25)22-8-4-3-5-9-22/h6-7,10H,3-5,8-9,11-13H2,1-2H3. The first-order chi connectivity index (χ1) is 14.5. The van der Waals surface area contributed by atoms with Gasteiger partial charge in [-0.3, -0.25) is 14.4 Å². The highest BCUT2D eigenvalue weighted by atomic mass is 32.2. The van der Waals surface area contributed by atoms with Crippen molar-refractivity contribution in [3.8, 4) is 5.75 Å². The molecular weight excluding hydrogens is 426 g/mol. The van der Waals surface area contributed by atoms with Crippen LogP contribution in [0.2, 0.25) is 0 Å². The molecule has 8 nitrogen and oxygen atoms in total. The molecule has 30 heavy (non-hydrogen) atoms. The Hall–Kier alpha value is -2.33. The Balaban J connectivity index is 1.72. The molecule has 0 bridgehead atoms. The van der Waals surface area contributed by atoms with Gasteiger partial charge in [0.25, 0.3) is 5.91 Å². The molecule has 0 spiro atoms. The van der Waals surface area contributed by atoms with Crippen LogP contribution in [-0.2, 0) is 25.7 Å². The number of hydrogen-bond donors (Lipinski definition) is 0. The van der Waals surface area contributed by atoms with Crippen molar-refractivity contribution in [1.29, 1.82) is 0 Å². The number of hydrogen-bond acceptors (Lipinski definition) is 7. The van der Waals surface area contributed by atoms with Gasteiger partial charge >= 0.3 is 5.97 Å². The molecule has 1 aromatic carbocycles. The summed E-state index contributed by atoms with van der Waals surface area (Å²) in [5.74, 6) is 0.355. The summed E-state index contributed by atoms with van der Waals surface area (Å²) >= 11 is 2.57. The number of rotatable bonds is 7. The van der Waals surface area contributed by atoms with Gasteiger partial charge in [-0.05, 0) is 37.5 Å². The van der Waals surface area contributed by atoms with Crippen molar-refractivity contribution in [2.45, 2.75) is 25.8 Å². The second-order valence-corrected chi connectivity index (χ2v) is 8.82. The van der Waals surface area contributed by atoms with Crippen LogP contribution in [0.15, 0.2) is 23.2 Å². The van der Waals surface area contributed by atoms with E-state index in [1.165, 1.54) is 36.6 Å². The van der Waals surface area contributed by atoms with E-state index >= 15 is 0 Å². The average Bonchev–Trinajstić information content (AvgIpc) is 3.09. The first-order valence-electron chi connectivity index (χ1n) is 9.69. The van der Waals surface area contributed by atoms with Crippen LogP contribution in [0.25, 0.3) is 10.2 Å². The van der Waals surface area contributed by atoms with Crippen LogP contribution < -0.4 is 9.54 Å². The van der Waals surface area contributed by atoms with E-state index in [0.29, 0.717) is 10.6 Å². The van der Waals surface area contributed by atoms with Crippen LogP contribution in [0, 0.1) is 0 Å². The van der Waals surface area contributed by atoms with Crippen LogP contribution in [0.1, 0.15) is 19.3 Å². The SMILES string of the molecule is COC(=O)Cn1c(=NC(=O)CSCC(=O)N2CCCCC2)sc2cc(OC)ccc21. The molecule has 0 radical (unpaired) electrons. The lowest BCUT2D eigenvalue weighted by molar-refractivity contribution is -0.141. The molecular formula is C20H25N3O5S2. The number of carbonyl (C=O) groups is 3. The molecule has 1 saturated heterocycles. The Kier molecular flexibility index (Phi) is 7.92. The monoisotopic (exact) mass is 451 g/mol. The van der Waals surface area contributed by atoms with E-state index in [1.54, 1.807) is 17.7 Å². The van der Waals surface area contributed by atoms with Gasteiger partial charge in [-0.2, -0.15) is 4.99 Å². The van der Waals surface area contributed by atoms with Gasteiger partial charge in [0, 0.05) is 13.1 Å². The van der Waals surface area contributed by atoms with Crippen molar-refractivity contribution in [3.63, 3.8) is 0 Å². The molecule has 0 saturated carbocycles. The van der Waals surface area contributed by atoms with E-state index in [1.807, 2.05) is 17.0 Å². The molecule has 1 aliphatic rings. The third kappa shape index (κ3) is 5.63. The number of nitrogens with zero attached hydrogens (tertiary/aromatic N) is 3. The summed E-state index contributed by atoms with van der Waals surface area (Å²) in [7, 11) is 2.90. The van der Waals surface area contributed by atoms with Crippen molar-refractivity contribution in [2.24, 2.45) is 4.99 Å². The molecule has 0 unspecified atom stereocenters. The van der Waals surface area contributed by atoms with Crippen LogP contribution in [0.4, 0.5) is 0 Å². The Morgan fingerprint density at radius 1 is 1.13 bits per heavy atom. The van der Waals surface area contributed by atoms with Crippen LogP contribution in [0.5, 0.6) is 5.75 Å².